The van der Waals surface area contributed by atoms with Crippen molar-refractivity contribution in [3.8, 4) is 56.7 Å². The van der Waals surface area contributed by atoms with Crippen LogP contribution in [0, 0.1) is 0 Å². The van der Waals surface area contributed by atoms with Gasteiger partial charge in [0.2, 0.25) is 0 Å². The first-order valence-corrected chi connectivity index (χ1v) is 21.2. The van der Waals surface area contributed by atoms with E-state index in [-0.39, 0.29) is 0 Å². The Balaban J connectivity index is 0.963. The van der Waals surface area contributed by atoms with Gasteiger partial charge in [0, 0.05) is 60.4 Å². The molecule has 13 rings (SSSR count). The maximum absolute atomic E-state index is 6.29. The van der Waals surface area contributed by atoms with Crippen LogP contribution in [0.2, 0.25) is 0 Å². The van der Waals surface area contributed by atoms with Gasteiger partial charge >= 0.3 is 0 Å². The predicted molar refractivity (Wildman–Crippen MR) is 258 cm³/mol. The van der Waals surface area contributed by atoms with Crippen LogP contribution < -0.4 is 0 Å². The van der Waals surface area contributed by atoms with Gasteiger partial charge in [-0.15, -0.1) is 0 Å². The highest BCUT2D eigenvalue weighted by atomic mass is 16.3. The second kappa shape index (κ2) is 14.0. The van der Waals surface area contributed by atoms with Gasteiger partial charge in [0.15, 0.2) is 17.5 Å². The predicted octanol–water partition coefficient (Wildman–Crippen LogP) is 14.6. The van der Waals surface area contributed by atoms with Crippen LogP contribution in [0.5, 0.6) is 0 Å². The zero-order valence-electron chi connectivity index (χ0n) is 33.9. The number of nitrogens with zero attached hydrogens (tertiary/aromatic N) is 5. The molecule has 0 spiro atoms. The molecule has 0 aliphatic heterocycles. The first kappa shape index (κ1) is 35.2. The Morgan fingerprint density at radius 3 is 1.49 bits per heavy atom. The molecule has 0 fully saturated rings. The van der Waals surface area contributed by atoms with E-state index >= 15 is 0 Å². The van der Waals surface area contributed by atoms with Crippen molar-refractivity contribution in [3.63, 3.8) is 0 Å². The van der Waals surface area contributed by atoms with Gasteiger partial charge in [-0.1, -0.05) is 146 Å². The van der Waals surface area contributed by atoms with Crippen molar-refractivity contribution in [2.24, 2.45) is 0 Å². The standard InChI is InChI=1S/C57H35N5O/c1-2-15-36(16-3-1)55-58-56(60-57(59-55)39-31-32-46-45-23-7-11-30-52(45)63-53(46)35-39)38-18-13-20-41(34-38)62-50-28-10-6-24-47(50)54-42(25-14-29-51(54)62)37-17-12-19-40(33-37)61-48-26-8-4-21-43(48)44-22-5-9-27-49(44)61/h1-35H. The van der Waals surface area contributed by atoms with Gasteiger partial charge in [-0.05, 0) is 77.9 Å². The summed E-state index contributed by atoms with van der Waals surface area (Å²) in [6.45, 7) is 0. The molecule has 0 saturated heterocycles. The minimum absolute atomic E-state index is 0.580. The highest BCUT2D eigenvalue weighted by Gasteiger charge is 2.20. The lowest BCUT2D eigenvalue weighted by molar-refractivity contribution is 0.669. The van der Waals surface area contributed by atoms with E-state index in [1.165, 1.54) is 38.1 Å². The van der Waals surface area contributed by atoms with Gasteiger partial charge in [0.25, 0.3) is 0 Å². The molecule has 0 N–H and O–H groups in total. The fraction of sp³-hybridized carbons (Fsp3) is 0. The topological polar surface area (TPSA) is 61.7 Å². The van der Waals surface area contributed by atoms with E-state index in [0.29, 0.717) is 17.5 Å². The summed E-state index contributed by atoms with van der Waals surface area (Å²) < 4.78 is 11.0. The van der Waals surface area contributed by atoms with Crippen LogP contribution >= 0.6 is 0 Å². The summed E-state index contributed by atoms with van der Waals surface area (Å²) >= 11 is 0. The average Bonchev–Trinajstić information content (AvgIpc) is 4.02. The molecule has 0 aliphatic carbocycles. The molecular weight excluding hydrogens is 771 g/mol. The van der Waals surface area contributed by atoms with E-state index in [0.717, 1.165) is 66.6 Å². The number of fused-ring (bicyclic) bond motifs is 9. The Hall–Kier alpha value is -8.61. The molecule has 0 atom stereocenters. The van der Waals surface area contributed by atoms with Crippen molar-refractivity contribution >= 4 is 65.6 Å². The lowest BCUT2D eigenvalue weighted by Gasteiger charge is -2.13. The highest BCUT2D eigenvalue weighted by Crippen LogP contribution is 2.41. The molecule has 0 aliphatic rings. The molecule has 4 aromatic heterocycles. The third-order valence-corrected chi connectivity index (χ3v) is 12.4. The van der Waals surface area contributed by atoms with Crippen LogP contribution in [0.15, 0.2) is 217 Å². The number of hydrogen-bond acceptors (Lipinski definition) is 4. The first-order valence-electron chi connectivity index (χ1n) is 21.2. The fourth-order valence-corrected chi connectivity index (χ4v) is 9.55. The summed E-state index contributed by atoms with van der Waals surface area (Å²) in [5, 5.41) is 7.03. The average molecular weight is 806 g/mol. The van der Waals surface area contributed by atoms with Crippen molar-refractivity contribution in [2.75, 3.05) is 0 Å². The Labute approximate surface area is 361 Å². The Morgan fingerprint density at radius 2 is 0.778 bits per heavy atom. The highest BCUT2D eigenvalue weighted by molar-refractivity contribution is 6.16. The molecule has 6 heteroatoms. The smallest absolute Gasteiger partial charge is 0.164 e. The SMILES string of the molecule is c1ccc(-c2nc(-c3cccc(-n4c5ccccc5c5c(-c6cccc(-n7c8ccccc8c8ccccc87)c6)cccc54)c3)nc(-c3ccc4c(c3)oc3ccccc34)n2)cc1. The van der Waals surface area contributed by atoms with E-state index < -0.39 is 0 Å². The van der Waals surface area contributed by atoms with Crippen molar-refractivity contribution in [1.29, 1.82) is 0 Å². The van der Waals surface area contributed by atoms with E-state index in [2.05, 4.69) is 167 Å². The van der Waals surface area contributed by atoms with Crippen LogP contribution in [0.25, 0.3) is 122 Å². The van der Waals surface area contributed by atoms with E-state index in [9.17, 15) is 0 Å². The van der Waals surface area contributed by atoms with Crippen LogP contribution in [0.1, 0.15) is 0 Å². The first-order chi connectivity index (χ1) is 31.2. The third-order valence-electron chi connectivity index (χ3n) is 12.4. The minimum atomic E-state index is 0.580. The van der Waals surface area contributed by atoms with Gasteiger partial charge in [-0.2, -0.15) is 0 Å². The number of rotatable bonds is 6. The van der Waals surface area contributed by atoms with E-state index in [4.69, 9.17) is 19.4 Å². The second-order valence-corrected chi connectivity index (χ2v) is 16.0. The summed E-state index contributed by atoms with van der Waals surface area (Å²) in [7, 11) is 0. The maximum Gasteiger partial charge on any atom is 0.164 e. The lowest BCUT2D eigenvalue weighted by atomic mass is 9.99. The molecule has 294 valence electrons. The Kier molecular flexibility index (Phi) is 7.80. The lowest BCUT2D eigenvalue weighted by Crippen LogP contribution is -2.01. The summed E-state index contributed by atoms with van der Waals surface area (Å²) in [4.78, 5) is 15.3. The quantitative estimate of drug-likeness (QED) is 0.168. The van der Waals surface area contributed by atoms with Gasteiger partial charge in [-0.25, -0.2) is 15.0 Å². The van der Waals surface area contributed by atoms with Gasteiger partial charge in [-0.3, -0.25) is 0 Å². The van der Waals surface area contributed by atoms with Gasteiger partial charge in [0.05, 0.1) is 22.1 Å². The summed E-state index contributed by atoms with van der Waals surface area (Å²) in [6.07, 6.45) is 0. The van der Waals surface area contributed by atoms with Crippen molar-refractivity contribution in [1.82, 2.24) is 24.1 Å². The zero-order chi connectivity index (χ0) is 41.4. The molecule has 0 amide bonds. The number of benzene rings is 9. The molecule has 9 aromatic carbocycles. The Bertz CT molecular complexity index is 3880. The largest absolute Gasteiger partial charge is 0.456 e. The zero-order valence-corrected chi connectivity index (χ0v) is 33.9. The molecule has 6 nitrogen and oxygen atoms in total. The van der Waals surface area contributed by atoms with Crippen LogP contribution in [0.3, 0.4) is 0 Å². The van der Waals surface area contributed by atoms with Gasteiger partial charge in [0.1, 0.15) is 11.2 Å². The molecule has 4 heterocycles. The molecular formula is C57H35N5O. The maximum atomic E-state index is 6.29. The summed E-state index contributed by atoms with van der Waals surface area (Å²) in [5.41, 5.74) is 13.4. The molecule has 0 unspecified atom stereocenters. The molecule has 13 aromatic rings. The van der Waals surface area contributed by atoms with Crippen LogP contribution in [0.4, 0.5) is 0 Å². The number of aromatic nitrogens is 5. The summed E-state index contributed by atoms with van der Waals surface area (Å²) in [6, 6.07) is 74.6. The van der Waals surface area contributed by atoms with E-state index in [1.807, 2.05) is 54.6 Å². The fourth-order valence-electron chi connectivity index (χ4n) is 9.55. The monoisotopic (exact) mass is 805 g/mol. The molecule has 0 saturated carbocycles. The normalized spacial score (nSPS) is 11.8. The van der Waals surface area contributed by atoms with E-state index in [1.54, 1.807) is 0 Å². The minimum Gasteiger partial charge on any atom is -0.456 e. The second-order valence-electron chi connectivity index (χ2n) is 16.0. The van der Waals surface area contributed by atoms with Crippen LogP contribution in [-0.2, 0) is 0 Å². The van der Waals surface area contributed by atoms with Crippen molar-refractivity contribution in [2.45, 2.75) is 0 Å². The van der Waals surface area contributed by atoms with Crippen LogP contribution in [-0.4, -0.2) is 24.1 Å². The van der Waals surface area contributed by atoms with Crippen molar-refractivity contribution < 1.29 is 4.42 Å². The van der Waals surface area contributed by atoms with Gasteiger partial charge < -0.3 is 13.6 Å². The number of hydrogen-bond donors (Lipinski definition) is 0. The molecule has 0 bridgehead atoms. The third kappa shape index (κ3) is 5.62. The Morgan fingerprint density at radius 1 is 0.302 bits per heavy atom. The molecule has 63 heavy (non-hydrogen) atoms. The number of para-hydroxylation sites is 4. The summed E-state index contributed by atoms with van der Waals surface area (Å²) in [5.74, 6) is 1.78. The molecule has 0 radical (unpaired) electrons. The van der Waals surface area contributed by atoms with Crippen molar-refractivity contribution in [3.05, 3.63) is 212 Å². The number of furan rings is 1.